The van der Waals surface area contributed by atoms with Crippen molar-refractivity contribution in [1.82, 2.24) is 30.2 Å². The third-order valence-electron chi connectivity index (χ3n) is 5.54. The highest BCUT2D eigenvalue weighted by atomic mass is 16.2. The van der Waals surface area contributed by atoms with Gasteiger partial charge in [0.05, 0.1) is 22.5 Å². The topological polar surface area (TPSA) is 79.2 Å². The molecule has 2 aromatic heterocycles. The van der Waals surface area contributed by atoms with E-state index < -0.39 is 0 Å². The van der Waals surface area contributed by atoms with Gasteiger partial charge in [-0.05, 0) is 46.8 Å². The highest BCUT2D eigenvalue weighted by Crippen LogP contribution is 2.29. The van der Waals surface area contributed by atoms with E-state index in [4.69, 9.17) is 5.10 Å². The Bertz CT molecular complexity index is 1060. The molecule has 0 bridgehead atoms. The van der Waals surface area contributed by atoms with Gasteiger partial charge in [0.15, 0.2) is 5.82 Å². The van der Waals surface area contributed by atoms with Gasteiger partial charge in [-0.3, -0.25) is 0 Å². The van der Waals surface area contributed by atoms with Gasteiger partial charge in [-0.25, -0.2) is 9.48 Å². The summed E-state index contributed by atoms with van der Waals surface area (Å²) < 4.78 is 1.97. The van der Waals surface area contributed by atoms with Crippen LogP contribution in [0, 0.1) is 20.8 Å². The number of nitrogens with one attached hydrogen (secondary N) is 1. The lowest BCUT2D eigenvalue weighted by molar-refractivity contribution is 0.191. The number of hydrogen-bond acceptors (Lipinski definition) is 5. The summed E-state index contributed by atoms with van der Waals surface area (Å²) in [7, 11) is 0. The number of benzene rings is 1. The van der Waals surface area contributed by atoms with Crippen LogP contribution in [-0.4, -0.2) is 63.1 Å². The third kappa shape index (κ3) is 3.69. The Morgan fingerprint density at radius 3 is 2.30 bits per heavy atom. The first-order valence-corrected chi connectivity index (χ1v) is 10.4. The zero-order valence-electron chi connectivity index (χ0n) is 18.3. The van der Waals surface area contributed by atoms with Crippen molar-refractivity contribution in [2.75, 3.05) is 31.1 Å². The van der Waals surface area contributed by atoms with Crippen LogP contribution in [-0.2, 0) is 0 Å². The third-order valence-corrected chi connectivity index (χ3v) is 5.54. The predicted molar refractivity (Wildman–Crippen MR) is 118 cm³/mol. The summed E-state index contributed by atoms with van der Waals surface area (Å²) in [4.78, 5) is 16.3. The van der Waals surface area contributed by atoms with Crippen molar-refractivity contribution in [2.24, 2.45) is 0 Å². The summed E-state index contributed by atoms with van der Waals surface area (Å²) in [6.45, 7) is 12.8. The summed E-state index contributed by atoms with van der Waals surface area (Å²) in [5.74, 6) is 0.786. The Morgan fingerprint density at radius 2 is 1.67 bits per heavy atom. The zero-order valence-corrected chi connectivity index (χ0v) is 18.3. The molecular formula is C22H29N7O. The maximum atomic E-state index is 12.3. The summed E-state index contributed by atoms with van der Waals surface area (Å²) in [6, 6.07) is 8.46. The minimum atomic E-state index is -0.00993. The molecule has 1 aliphatic rings. The highest BCUT2D eigenvalue weighted by molar-refractivity contribution is 5.92. The van der Waals surface area contributed by atoms with Crippen molar-refractivity contribution in [3.8, 4) is 5.69 Å². The molecule has 0 aliphatic carbocycles. The van der Waals surface area contributed by atoms with Gasteiger partial charge in [0.2, 0.25) is 0 Å². The Labute approximate surface area is 176 Å². The summed E-state index contributed by atoms with van der Waals surface area (Å²) in [6.07, 6.45) is 0. The molecule has 3 aromatic rings. The molecule has 8 heteroatoms. The number of hydrogen-bond donors (Lipinski definition) is 1. The molecule has 0 saturated carbocycles. The van der Waals surface area contributed by atoms with Gasteiger partial charge in [-0.1, -0.05) is 17.7 Å². The van der Waals surface area contributed by atoms with Gasteiger partial charge in [0.1, 0.15) is 5.52 Å². The van der Waals surface area contributed by atoms with Gasteiger partial charge in [-0.2, -0.15) is 10.2 Å². The molecule has 1 saturated heterocycles. The Kier molecular flexibility index (Phi) is 5.32. The number of aromatic nitrogens is 4. The molecule has 8 nitrogen and oxygen atoms in total. The van der Waals surface area contributed by atoms with Crippen LogP contribution in [0.15, 0.2) is 24.3 Å². The van der Waals surface area contributed by atoms with Crippen LogP contribution in [0.2, 0.25) is 0 Å². The van der Waals surface area contributed by atoms with Crippen molar-refractivity contribution >= 4 is 22.8 Å². The molecule has 1 fully saturated rings. The van der Waals surface area contributed by atoms with Crippen LogP contribution in [0.3, 0.4) is 0 Å². The number of carbonyl (C=O) groups excluding carboxylic acids is 1. The van der Waals surface area contributed by atoms with E-state index in [2.05, 4.69) is 58.5 Å². The fraction of sp³-hybridized carbons (Fsp3) is 0.455. The lowest BCUT2D eigenvalue weighted by Gasteiger charge is -2.35. The van der Waals surface area contributed by atoms with Crippen LogP contribution >= 0.6 is 0 Å². The van der Waals surface area contributed by atoms with Crippen LogP contribution in [0.1, 0.15) is 30.8 Å². The minimum Gasteiger partial charge on any atom is -0.350 e. The minimum absolute atomic E-state index is 0.00993. The van der Waals surface area contributed by atoms with Gasteiger partial charge < -0.3 is 15.1 Å². The first kappa shape index (κ1) is 20.1. The summed E-state index contributed by atoms with van der Waals surface area (Å²) in [5.41, 5.74) is 5.03. The van der Waals surface area contributed by atoms with E-state index in [1.165, 1.54) is 5.56 Å². The maximum absolute atomic E-state index is 12.3. The summed E-state index contributed by atoms with van der Waals surface area (Å²) in [5, 5.41) is 17.8. The number of carbonyl (C=O) groups is 1. The summed E-state index contributed by atoms with van der Waals surface area (Å²) >= 11 is 0. The number of amides is 2. The van der Waals surface area contributed by atoms with Crippen molar-refractivity contribution < 1.29 is 4.79 Å². The highest BCUT2D eigenvalue weighted by Gasteiger charge is 2.26. The van der Waals surface area contributed by atoms with Gasteiger partial charge >= 0.3 is 6.03 Å². The molecule has 0 unspecified atom stereocenters. The van der Waals surface area contributed by atoms with E-state index in [1.807, 2.05) is 30.4 Å². The molecule has 4 rings (SSSR count). The van der Waals surface area contributed by atoms with E-state index in [1.54, 1.807) is 0 Å². The Morgan fingerprint density at radius 1 is 1.00 bits per heavy atom. The van der Waals surface area contributed by atoms with Crippen LogP contribution < -0.4 is 10.2 Å². The molecule has 1 aromatic carbocycles. The van der Waals surface area contributed by atoms with E-state index in [9.17, 15) is 4.79 Å². The lowest BCUT2D eigenvalue weighted by atomic mass is 10.2. The van der Waals surface area contributed by atoms with Crippen molar-refractivity contribution in [1.29, 1.82) is 0 Å². The maximum Gasteiger partial charge on any atom is 0.317 e. The van der Waals surface area contributed by atoms with Crippen LogP contribution in [0.5, 0.6) is 0 Å². The van der Waals surface area contributed by atoms with Gasteiger partial charge in [-0.15, -0.1) is 5.10 Å². The number of urea groups is 1. The molecule has 1 aliphatic heterocycles. The van der Waals surface area contributed by atoms with Gasteiger partial charge in [0, 0.05) is 32.2 Å². The number of piperazine rings is 1. The number of rotatable bonds is 3. The average molecular weight is 408 g/mol. The quantitative estimate of drug-likeness (QED) is 0.722. The zero-order chi connectivity index (χ0) is 21.4. The molecule has 0 radical (unpaired) electrons. The predicted octanol–water partition coefficient (Wildman–Crippen LogP) is 2.98. The fourth-order valence-corrected chi connectivity index (χ4v) is 3.92. The molecular weight excluding hydrogens is 378 g/mol. The van der Waals surface area contributed by atoms with Crippen LogP contribution in [0.4, 0.5) is 10.6 Å². The Balaban J connectivity index is 1.64. The number of nitrogens with zero attached hydrogens (tertiary/aromatic N) is 6. The molecule has 2 amide bonds. The van der Waals surface area contributed by atoms with Crippen molar-refractivity contribution in [2.45, 2.75) is 40.7 Å². The number of anilines is 1. The largest absolute Gasteiger partial charge is 0.350 e. The first-order chi connectivity index (χ1) is 14.3. The molecule has 1 N–H and O–H groups in total. The number of fused-ring (bicyclic) bond motifs is 1. The normalized spacial score (nSPS) is 14.6. The van der Waals surface area contributed by atoms with E-state index in [-0.39, 0.29) is 12.1 Å². The SMILES string of the molecule is Cc1ccc(-n2nc3c(N4CCN(C(=O)NC(C)C)CC4)nnc(C)c3c2C)cc1. The van der Waals surface area contributed by atoms with Crippen LogP contribution in [0.25, 0.3) is 16.6 Å². The number of aryl methyl sites for hydroxylation is 3. The second kappa shape index (κ2) is 7.93. The van der Waals surface area contributed by atoms with Gasteiger partial charge in [0.25, 0.3) is 0 Å². The standard InChI is InChI=1S/C22H29N7O/c1-14(2)23-22(30)28-12-10-27(11-13-28)21-20-19(16(4)24-25-21)17(5)29(26-20)18-8-6-15(3)7-9-18/h6-9,14H,10-13H2,1-5H3,(H,23,30). The smallest absolute Gasteiger partial charge is 0.317 e. The van der Waals surface area contributed by atoms with E-state index in [0.717, 1.165) is 33.8 Å². The first-order valence-electron chi connectivity index (χ1n) is 10.4. The molecule has 30 heavy (non-hydrogen) atoms. The second-order valence-corrected chi connectivity index (χ2v) is 8.24. The fourth-order valence-electron chi connectivity index (χ4n) is 3.92. The monoisotopic (exact) mass is 407 g/mol. The Hall–Kier alpha value is -3.16. The van der Waals surface area contributed by atoms with Crippen molar-refractivity contribution in [3.63, 3.8) is 0 Å². The van der Waals surface area contributed by atoms with Crippen molar-refractivity contribution in [3.05, 3.63) is 41.2 Å². The van der Waals surface area contributed by atoms with E-state index >= 15 is 0 Å². The molecule has 0 atom stereocenters. The average Bonchev–Trinajstić information content (AvgIpc) is 3.07. The molecule has 158 valence electrons. The molecule has 0 spiro atoms. The second-order valence-electron chi connectivity index (χ2n) is 8.24. The lowest BCUT2D eigenvalue weighted by Crippen LogP contribution is -2.53. The van der Waals surface area contributed by atoms with E-state index in [0.29, 0.717) is 26.2 Å². The molecule has 3 heterocycles.